The Balaban J connectivity index is 2.39. The highest BCUT2D eigenvalue weighted by atomic mass is 16.5. The molecule has 0 unspecified atom stereocenters. The van der Waals surface area contributed by atoms with Crippen LogP contribution in [0.5, 0.6) is 0 Å². The molecular weight excluding hydrogens is 292 g/mol. The van der Waals surface area contributed by atoms with Crippen LogP contribution in [0.3, 0.4) is 0 Å². The normalized spacial score (nSPS) is 16.8. The van der Waals surface area contributed by atoms with Crippen molar-refractivity contribution in [2.45, 2.75) is 46.5 Å². The average molecular weight is 326 g/mol. The van der Waals surface area contributed by atoms with E-state index in [0.717, 1.165) is 32.1 Å². The summed E-state index contributed by atoms with van der Waals surface area (Å²) in [6.07, 6.45) is 4.86. The van der Waals surface area contributed by atoms with Gasteiger partial charge < -0.3 is 20.7 Å². The van der Waals surface area contributed by atoms with Crippen molar-refractivity contribution in [1.82, 2.24) is 16.0 Å². The van der Waals surface area contributed by atoms with Crippen molar-refractivity contribution in [3.63, 3.8) is 0 Å². The standard InChI is InChI=1S/C17H34N4O2/c1-5-18-16(20-11-10-19-15(22)14(2)3)21-13-17(7-6-8-17)9-12-23-4/h14H,5-13H2,1-4H3,(H,19,22)(H2,18,20,21). The smallest absolute Gasteiger partial charge is 0.222 e. The van der Waals surface area contributed by atoms with E-state index in [9.17, 15) is 4.79 Å². The second kappa shape index (κ2) is 10.5. The fourth-order valence-electron chi connectivity index (χ4n) is 2.64. The first-order valence-electron chi connectivity index (χ1n) is 8.82. The minimum Gasteiger partial charge on any atom is -0.385 e. The van der Waals surface area contributed by atoms with Crippen LogP contribution in [0, 0.1) is 11.3 Å². The molecular formula is C17H34N4O2. The zero-order chi connectivity index (χ0) is 17.1. The summed E-state index contributed by atoms with van der Waals surface area (Å²) < 4.78 is 5.23. The highest BCUT2D eigenvalue weighted by Gasteiger charge is 2.36. The predicted octanol–water partition coefficient (Wildman–Crippen LogP) is 1.52. The Morgan fingerprint density at radius 3 is 2.43 bits per heavy atom. The van der Waals surface area contributed by atoms with Gasteiger partial charge in [0.15, 0.2) is 5.96 Å². The maximum Gasteiger partial charge on any atom is 0.222 e. The topological polar surface area (TPSA) is 74.8 Å². The molecule has 0 radical (unpaired) electrons. The van der Waals surface area contributed by atoms with Gasteiger partial charge in [0.1, 0.15) is 0 Å². The first-order valence-corrected chi connectivity index (χ1v) is 8.82. The Labute approximate surface area is 140 Å². The zero-order valence-corrected chi connectivity index (χ0v) is 15.2. The van der Waals surface area contributed by atoms with Crippen LogP contribution in [0.1, 0.15) is 46.5 Å². The van der Waals surface area contributed by atoms with Crippen LogP contribution in [0.25, 0.3) is 0 Å². The van der Waals surface area contributed by atoms with E-state index in [1.807, 2.05) is 13.8 Å². The van der Waals surface area contributed by atoms with Crippen LogP contribution in [-0.4, -0.2) is 51.8 Å². The number of nitrogens with zero attached hydrogens (tertiary/aromatic N) is 1. The number of ether oxygens (including phenoxy) is 1. The summed E-state index contributed by atoms with van der Waals surface area (Å²) in [7, 11) is 1.76. The van der Waals surface area contributed by atoms with Crippen molar-refractivity contribution in [1.29, 1.82) is 0 Å². The lowest BCUT2D eigenvalue weighted by Gasteiger charge is -2.40. The molecule has 1 saturated carbocycles. The van der Waals surface area contributed by atoms with Gasteiger partial charge in [-0.05, 0) is 31.6 Å². The Kier molecular flexibility index (Phi) is 8.99. The molecule has 0 aromatic carbocycles. The number of hydrogen-bond acceptors (Lipinski definition) is 3. The molecule has 1 rings (SSSR count). The third-order valence-corrected chi connectivity index (χ3v) is 4.41. The van der Waals surface area contributed by atoms with Crippen LogP contribution in [0.4, 0.5) is 0 Å². The number of methoxy groups -OCH3 is 1. The van der Waals surface area contributed by atoms with Gasteiger partial charge in [0.2, 0.25) is 5.91 Å². The van der Waals surface area contributed by atoms with Crippen molar-refractivity contribution >= 4 is 11.9 Å². The molecule has 0 spiro atoms. The number of aliphatic imine (C=N–C) groups is 1. The molecule has 1 amide bonds. The lowest BCUT2D eigenvalue weighted by atomic mass is 9.67. The summed E-state index contributed by atoms with van der Waals surface area (Å²) in [5, 5.41) is 9.45. The molecule has 3 N–H and O–H groups in total. The fourth-order valence-corrected chi connectivity index (χ4v) is 2.64. The summed E-state index contributed by atoms with van der Waals surface area (Å²) >= 11 is 0. The van der Waals surface area contributed by atoms with Gasteiger partial charge in [-0.1, -0.05) is 20.3 Å². The summed E-state index contributed by atoms with van der Waals surface area (Å²) in [5.74, 6) is 0.938. The maximum absolute atomic E-state index is 11.5. The summed E-state index contributed by atoms with van der Waals surface area (Å²) in [5.41, 5.74) is 0.324. The molecule has 1 aliphatic carbocycles. The minimum absolute atomic E-state index is 0.0242. The monoisotopic (exact) mass is 326 g/mol. The van der Waals surface area contributed by atoms with Gasteiger partial charge in [-0.15, -0.1) is 0 Å². The average Bonchev–Trinajstić information content (AvgIpc) is 2.49. The van der Waals surface area contributed by atoms with E-state index in [4.69, 9.17) is 9.73 Å². The van der Waals surface area contributed by atoms with Crippen molar-refractivity contribution in [2.75, 3.05) is 39.9 Å². The van der Waals surface area contributed by atoms with Gasteiger partial charge in [0.25, 0.3) is 0 Å². The third-order valence-electron chi connectivity index (χ3n) is 4.41. The molecule has 0 saturated heterocycles. The maximum atomic E-state index is 11.5. The first-order chi connectivity index (χ1) is 11.0. The van der Waals surface area contributed by atoms with E-state index in [0.29, 0.717) is 18.5 Å². The molecule has 1 aliphatic rings. The second-order valence-electron chi connectivity index (χ2n) is 6.66. The molecule has 0 atom stereocenters. The second-order valence-corrected chi connectivity index (χ2v) is 6.66. The molecule has 134 valence electrons. The van der Waals surface area contributed by atoms with Crippen molar-refractivity contribution in [2.24, 2.45) is 16.3 Å². The first kappa shape index (κ1) is 19.7. The lowest BCUT2D eigenvalue weighted by molar-refractivity contribution is -0.123. The number of carbonyl (C=O) groups is 1. The summed E-state index contributed by atoms with van der Waals surface area (Å²) in [6, 6.07) is 0. The van der Waals surface area contributed by atoms with E-state index < -0.39 is 0 Å². The largest absolute Gasteiger partial charge is 0.385 e. The van der Waals surface area contributed by atoms with Crippen LogP contribution in [0.15, 0.2) is 4.99 Å². The molecule has 0 aromatic heterocycles. The van der Waals surface area contributed by atoms with E-state index >= 15 is 0 Å². The zero-order valence-electron chi connectivity index (χ0n) is 15.2. The van der Waals surface area contributed by atoms with Gasteiger partial charge in [0.05, 0.1) is 0 Å². The summed E-state index contributed by atoms with van der Waals surface area (Å²) in [4.78, 5) is 16.3. The molecule has 0 aliphatic heterocycles. The SMILES string of the molecule is CCNC(=NCC1(CCOC)CCC1)NCCNC(=O)C(C)C. The van der Waals surface area contributed by atoms with E-state index in [-0.39, 0.29) is 11.8 Å². The Bertz CT molecular complexity index is 379. The van der Waals surface area contributed by atoms with E-state index in [2.05, 4.69) is 22.9 Å². The number of rotatable bonds is 10. The van der Waals surface area contributed by atoms with Gasteiger partial charge in [-0.3, -0.25) is 9.79 Å². The van der Waals surface area contributed by atoms with Gasteiger partial charge >= 0.3 is 0 Å². The van der Waals surface area contributed by atoms with Crippen LogP contribution in [0.2, 0.25) is 0 Å². The highest BCUT2D eigenvalue weighted by Crippen LogP contribution is 2.44. The third kappa shape index (κ3) is 7.20. The molecule has 0 heterocycles. The van der Waals surface area contributed by atoms with Crippen LogP contribution >= 0.6 is 0 Å². The Morgan fingerprint density at radius 1 is 1.22 bits per heavy atom. The molecule has 23 heavy (non-hydrogen) atoms. The highest BCUT2D eigenvalue weighted by molar-refractivity contribution is 5.80. The quantitative estimate of drug-likeness (QED) is 0.323. The number of nitrogens with one attached hydrogen (secondary N) is 3. The fraction of sp³-hybridized carbons (Fsp3) is 0.882. The van der Waals surface area contributed by atoms with Crippen molar-refractivity contribution in [3.05, 3.63) is 0 Å². The van der Waals surface area contributed by atoms with Gasteiger partial charge in [0, 0.05) is 45.8 Å². The van der Waals surface area contributed by atoms with Crippen molar-refractivity contribution in [3.8, 4) is 0 Å². The number of amides is 1. The molecule has 6 heteroatoms. The number of guanidine groups is 1. The Morgan fingerprint density at radius 2 is 1.91 bits per heavy atom. The van der Waals surface area contributed by atoms with Gasteiger partial charge in [-0.2, -0.15) is 0 Å². The minimum atomic E-state index is 0.0242. The predicted molar refractivity (Wildman–Crippen MR) is 94.6 cm³/mol. The van der Waals surface area contributed by atoms with E-state index in [1.54, 1.807) is 7.11 Å². The summed E-state index contributed by atoms with van der Waals surface area (Å²) in [6.45, 7) is 9.60. The molecule has 1 fully saturated rings. The molecule has 0 aromatic rings. The number of carbonyl (C=O) groups excluding carboxylic acids is 1. The molecule has 0 bridgehead atoms. The number of hydrogen-bond donors (Lipinski definition) is 3. The van der Waals surface area contributed by atoms with Crippen LogP contribution < -0.4 is 16.0 Å². The van der Waals surface area contributed by atoms with Gasteiger partial charge in [-0.25, -0.2) is 0 Å². The molecule has 6 nitrogen and oxygen atoms in total. The van der Waals surface area contributed by atoms with E-state index in [1.165, 1.54) is 19.3 Å². The van der Waals surface area contributed by atoms with Crippen LogP contribution in [-0.2, 0) is 9.53 Å². The van der Waals surface area contributed by atoms with Crippen molar-refractivity contribution < 1.29 is 9.53 Å². The Hall–Kier alpha value is -1.30. The lowest BCUT2D eigenvalue weighted by Crippen LogP contribution is -2.43.